The number of hydrogen-bond acceptors (Lipinski definition) is 2. The first-order valence-electron chi connectivity index (χ1n) is 7.00. The van der Waals surface area contributed by atoms with Crippen LogP contribution in [-0.2, 0) is 4.79 Å². The van der Waals surface area contributed by atoms with E-state index in [2.05, 4.69) is 10.6 Å². The summed E-state index contributed by atoms with van der Waals surface area (Å²) in [6.07, 6.45) is 0. The lowest BCUT2D eigenvalue weighted by Gasteiger charge is -2.32. The summed E-state index contributed by atoms with van der Waals surface area (Å²) in [5.41, 5.74) is 0.760. The third-order valence-corrected chi connectivity index (χ3v) is 3.79. The van der Waals surface area contributed by atoms with Crippen molar-refractivity contribution in [3.8, 4) is 0 Å². The number of rotatable bonds is 1. The molecule has 0 aromatic heterocycles. The van der Waals surface area contributed by atoms with Crippen LogP contribution in [-0.4, -0.2) is 36.0 Å². The first-order valence-corrected chi connectivity index (χ1v) is 7.00. The topological polar surface area (TPSA) is 61.4 Å². The fourth-order valence-electron chi connectivity index (χ4n) is 2.58. The van der Waals surface area contributed by atoms with Gasteiger partial charge in [0.25, 0.3) is 0 Å². The van der Waals surface area contributed by atoms with Crippen molar-refractivity contribution < 1.29 is 9.59 Å². The van der Waals surface area contributed by atoms with E-state index < -0.39 is 6.04 Å². The van der Waals surface area contributed by atoms with E-state index in [1.807, 2.05) is 42.5 Å². The molecule has 2 aromatic carbocycles. The third-order valence-electron chi connectivity index (χ3n) is 3.79. The lowest BCUT2D eigenvalue weighted by molar-refractivity contribution is -0.126. The highest BCUT2D eigenvalue weighted by Gasteiger charge is 2.29. The van der Waals surface area contributed by atoms with E-state index >= 15 is 0 Å². The first-order chi connectivity index (χ1) is 10.2. The molecule has 5 nitrogen and oxygen atoms in total. The molecule has 3 rings (SSSR count). The van der Waals surface area contributed by atoms with Crippen LogP contribution in [0.5, 0.6) is 0 Å². The second-order valence-corrected chi connectivity index (χ2v) is 5.12. The molecule has 1 saturated heterocycles. The minimum atomic E-state index is -0.450. The van der Waals surface area contributed by atoms with Gasteiger partial charge in [0, 0.05) is 18.5 Å². The Balaban J connectivity index is 1.85. The van der Waals surface area contributed by atoms with Gasteiger partial charge in [-0.05, 0) is 18.4 Å². The summed E-state index contributed by atoms with van der Waals surface area (Å²) in [6, 6.07) is 13.0. The van der Waals surface area contributed by atoms with Crippen molar-refractivity contribution in [3.63, 3.8) is 0 Å². The molecular formula is C16H17N3O2. The second kappa shape index (κ2) is 5.44. The molecule has 0 saturated carbocycles. The Morgan fingerprint density at radius 3 is 2.86 bits per heavy atom. The van der Waals surface area contributed by atoms with E-state index in [9.17, 15) is 9.59 Å². The summed E-state index contributed by atoms with van der Waals surface area (Å²) < 4.78 is 0. The predicted molar refractivity (Wildman–Crippen MR) is 82.1 cm³/mol. The summed E-state index contributed by atoms with van der Waals surface area (Å²) in [6.45, 7) is 2.74. The molecule has 2 aromatic rings. The molecule has 0 spiro atoms. The Kier molecular flexibility index (Phi) is 3.48. The average Bonchev–Trinajstić information content (AvgIpc) is 2.50. The Bertz CT molecular complexity index is 693. The molecule has 0 bridgehead atoms. The summed E-state index contributed by atoms with van der Waals surface area (Å²) in [7, 11) is 0. The molecular weight excluding hydrogens is 266 g/mol. The number of fused-ring (bicyclic) bond motifs is 1. The molecule has 0 aliphatic carbocycles. The molecule has 21 heavy (non-hydrogen) atoms. The van der Waals surface area contributed by atoms with Gasteiger partial charge in [-0.2, -0.15) is 0 Å². The van der Waals surface area contributed by atoms with Crippen molar-refractivity contribution in [1.29, 1.82) is 0 Å². The molecule has 1 aliphatic heterocycles. The highest BCUT2D eigenvalue weighted by Crippen LogP contribution is 2.23. The van der Waals surface area contributed by atoms with E-state index in [1.165, 1.54) is 0 Å². The normalized spacial score (nSPS) is 18.4. The van der Waals surface area contributed by atoms with Gasteiger partial charge in [-0.3, -0.25) is 4.79 Å². The molecule has 0 radical (unpaired) electrons. The Labute approximate surface area is 122 Å². The zero-order valence-corrected chi connectivity index (χ0v) is 11.8. The maximum atomic E-state index is 12.4. The summed E-state index contributed by atoms with van der Waals surface area (Å²) in [5, 5.41) is 7.72. The molecule has 2 N–H and O–H groups in total. The third kappa shape index (κ3) is 2.54. The zero-order chi connectivity index (χ0) is 14.8. The number of piperazine rings is 1. The molecule has 1 atom stereocenters. The van der Waals surface area contributed by atoms with Crippen molar-refractivity contribution in [3.05, 3.63) is 42.5 Å². The van der Waals surface area contributed by atoms with Crippen molar-refractivity contribution >= 4 is 28.4 Å². The van der Waals surface area contributed by atoms with E-state index in [0.29, 0.717) is 13.1 Å². The fourth-order valence-corrected chi connectivity index (χ4v) is 2.58. The summed E-state index contributed by atoms with van der Waals surface area (Å²) >= 11 is 0. The van der Waals surface area contributed by atoms with Gasteiger partial charge in [0.1, 0.15) is 6.04 Å². The fraction of sp³-hybridized carbons (Fsp3) is 0.250. The Morgan fingerprint density at radius 2 is 2.00 bits per heavy atom. The maximum Gasteiger partial charge on any atom is 0.322 e. The summed E-state index contributed by atoms with van der Waals surface area (Å²) in [4.78, 5) is 25.6. The molecule has 3 amide bonds. The quantitative estimate of drug-likeness (QED) is 0.842. The van der Waals surface area contributed by atoms with Gasteiger partial charge in [-0.25, -0.2) is 4.79 Å². The lowest BCUT2D eigenvalue weighted by Crippen LogP contribution is -2.56. The van der Waals surface area contributed by atoms with Crippen LogP contribution < -0.4 is 10.6 Å². The average molecular weight is 283 g/mol. The number of anilines is 1. The molecule has 1 fully saturated rings. The standard InChI is InChI=1S/C16H17N3O2/c1-11-15(20)17-9-10-19(11)16(21)18-14-8-4-6-12-5-2-3-7-13(12)14/h2-8,11H,9-10H2,1H3,(H,17,20)(H,18,21)/t11-/m1/s1. The van der Waals surface area contributed by atoms with Crippen LogP contribution in [0.3, 0.4) is 0 Å². The lowest BCUT2D eigenvalue weighted by atomic mass is 10.1. The number of nitrogens with zero attached hydrogens (tertiary/aromatic N) is 1. The van der Waals surface area contributed by atoms with E-state index in [0.717, 1.165) is 16.5 Å². The van der Waals surface area contributed by atoms with Crippen LogP contribution in [0, 0.1) is 0 Å². The van der Waals surface area contributed by atoms with Crippen LogP contribution in [0.4, 0.5) is 10.5 Å². The number of nitrogens with one attached hydrogen (secondary N) is 2. The monoisotopic (exact) mass is 283 g/mol. The molecule has 1 heterocycles. The number of urea groups is 1. The van der Waals surface area contributed by atoms with Crippen molar-refractivity contribution in [1.82, 2.24) is 10.2 Å². The van der Waals surface area contributed by atoms with Crippen molar-refractivity contribution in [2.75, 3.05) is 18.4 Å². The first kappa shape index (κ1) is 13.4. The van der Waals surface area contributed by atoms with Gasteiger partial charge in [0.05, 0.1) is 5.69 Å². The van der Waals surface area contributed by atoms with Gasteiger partial charge in [0.15, 0.2) is 0 Å². The minimum Gasteiger partial charge on any atom is -0.353 e. The van der Waals surface area contributed by atoms with E-state index in [4.69, 9.17) is 0 Å². The Hall–Kier alpha value is -2.56. The molecule has 108 valence electrons. The highest BCUT2D eigenvalue weighted by atomic mass is 16.2. The number of carbonyl (C=O) groups is 2. The Morgan fingerprint density at radius 1 is 1.24 bits per heavy atom. The van der Waals surface area contributed by atoms with Crippen molar-refractivity contribution in [2.24, 2.45) is 0 Å². The predicted octanol–water partition coefficient (Wildman–Crippen LogP) is 2.19. The van der Waals surface area contributed by atoms with Crippen LogP contribution in [0.15, 0.2) is 42.5 Å². The largest absolute Gasteiger partial charge is 0.353 e. The van der Waals surface area contributed by atoms with Crippen LogP contribution >= 0.6 is 0 Å². The van der Waals surface area contributed by atoms with E-state index in [-0.39, 0.29) is 11.9 Å². The summed E-state index contributed by atoms with van der Waals surface area (Å²) in [5.74, 6) is -0.116. The number of benzene rings is 2. The second-order valence-electron chi connectivity index (χ2n) is 5.12. The zero-order valence-electron chi connectivity index (χ0n) is 11.8. The van der Waals surface area contributed by atoms with Gasteiger partial charge in [-0.15, -0.1) is 0 Å². The van der Waals surface area contributed by atoms with Crippen molar-refractivity contribution in [2.45, 2.75) is 13.0 Å². The SMILES string of the molecule is C[C@@H]1C(=O)NCCN1C(=O)Nc1cccc2ccccc12. The number of carbonyl (C=O) groups excluding carboxylic acids is 2. The molecule has 1 aliphatic rings. The molecule has 5 heteroatoms. The minimum absolute atomic E-state index is 0.116. The van der Waals surface area contributed by atoms with Gasteiger partial charge < -0.3 is 15.5 Å². The smallest absolute Gasteiger partial charge is 0.322 e. The van der Waals surface area contributed by atoms with Gasteiger partial charge in [-0.1, -0.05) is 36.4 Å². The number of amides is 3. The van der Waals surface area contributed by atoms with Gasteiger partial charge >= 0.3 is 6.03 Å². The van der Waals surface area contributed by atoms with Crippen LogP contribution in [0.1, 0.15) is 6.92 Å². The van der Waals surface area contributed by atoms with Crippen LogP contribution in [0.25, 0.3) is 10.8 Å². The number of hydrogen-bond donors (Lipinski definition) is 2. The maximum absolute atomic E-state index is 12.4. The van der Waals surface area contributed by atoms with E-state index in [1.54, 1.807) is 11.8 Å². The van der Waals surface area contributed by atoms with Gasteiger partial charge in [0.2, 0.25) is 5.91 Å². The van der Waals surface area contributed by atoms with Crippen LogP contribution in [0.2, 0.25) is 0 Å². The molecule has 0 unspecified atom stereocenters. The highest BCUT2D eigenvalue weighted by molar-refractivity contribution is 6.02.